The van der Waals surface area contributed by atoms with E-state index in [0.29, 0.717) is 17.8 Å². The molecule has 25 heavy (non-hydrogen) atoms. The molecule has 134 valence electrons. The number of carbonyl (C=O) groups excluding carboxylic acids is 3. The van der Waals surface area contributed by atoms with Crippen molar-refractivity contribution in [1.82, 2.24) is 4.90 Å². The molecule has 6 nitrogen and oxygen atoms in total. The van der Waals surface area contributed by atoms with Gasteiger partial charge in [-0.2, -0.15) is 0 Å². The second-order valence-electron chi connectivity index (χ2n) is 6.94. The van der Waals surface area contributed by atoms with Gasteiger partial charge >= 0.3 is 0 Å². The summed E-state index contributed by atoms with van der Waals surface area (Å²) in [5, 5.41) is 5.54. The molecule has 0 radical (unpaired) electrons. The summed E-state index contributed by atoms with van der Waals surface area (Å²) in [6.45, 7) is 3.08. The van der Waals surface area contributed by atoms with E-state index in [1.54, 1.807) is 24.3 Å². The van der Waals surface area contributed by atoms with Crippen LogP contribution in [0.2, 0.25) is 0 Å². The van der Waals surface area contributed by atoms with Gasteiger partial charge in [-0.25, -0.2) is 0 Å². The largest absolute Gasteiger partial charge is 0.342 e. The molecule has 2 fully saturated rings. The van der Waals surface area contributed by atoms with Crippen molar-refractivity contribution >= 4 is 29.1 Å². The Hall–Kier alpha value is -2.37. The summed E-state index contributed by atoms with van der Waals surface area (Å²) >= 11 is 0. The average Bonchev–Trinajstić information content (AvgIpc) is 3.38. The summed E-state index contributed by atoms with van der Waals surface area (Å²) in [5.74, 6) is -0.548. The first kappa shape index (κ1) is 17.5. The third-order valence-corrected chi connectivity index (χ3v) is 4.81. The van der Waals surface area contributed by atoms with Crippen molar-refractivity contribution < 1.29 is 14.4 Å². The van der Waals surface area contributed by atoms with Crippen molar-refractivity contribution in [3.63, 3.8) is 0 Å². The maximum absolute atomic E-state index is 12.6. The zero-order valence-electron chi connectivity index (χ0n) is 14.6. The highest BCUT2D eigenvalue weighted by Gasteiger charge is 2.49. The number of benzene rings is 1. The summed E-state index contributed by atoms with van der Waals surface area (Å²) < 4.78 is 0. The lowest BCUT2D eigenvalue weighted by Crippen LogP contribution is -2.34. The van der Waals surface area contributed by atoms with E-state index < -0.39 is 0 Å². The van der Waals surface area contributed by atoms with Gasteiger partial charge in [-0.1, -0.05) is 18.9 Å². The molecule has 1 aliphatic carbocycles. The summed E-state index contributed by atoms with van der Waals surface area (Å²) in [6, 6.07) is 7.03. The summed E-state index contributed by atoms with van der Waals surface area (Å²) in [4.78, 5) is 38.0. The van der Waals surface area contributed by atoms with Crippen LogP contribution in [0.25, 0.3) is 0 Å². The van der Waals surface area contributed by atoms with Gasteiger partial charge in [0, 0.05) is 31.4 Å². The lowest BCUT2D eigenvalue weighted by Gasteiger charge is -2.20. The molecule has 0 spiro atoms. The van der Waals surface area contributed by atoms with E-state index >= 15 is 0 Å². The van der Waals surface area contributed by atoms with Crippen LogP contribution in [-0.4, -0.2) is 35.7 Å². The molecular formula is C19H25N3O3. The Morgan fingerprint density at radius 1 is 0.960 bits per heavy atom. The molecule has 1 heterocycles. The summed E-state index contributed by atoms with van der Waals surface area (Å²) in [6.07, 6.45) is 5.12. The van der Waals surface area contributed by atoms with Crippen LogP contribution >= 0.6 is 0 Å². The monoisotopic (exact) mass is 343 g/mol. The van der Waals surface area contributed by atoms with E-state index in [2.05, 4.69) is 10.6 Å². The quantitative estimate of drug-likeness (QED) is 0.882. The minimum absolute atomic E-state index is 0.117. The number of anilines is 2. The van der Waals surface area contributed by atoms with Crippen LogP contribution in [0.1, 0.15) is 39.0 Å². The molecule has 1 aromatic carbocycles. The molecule has 6 heteroatoms. The van der Waals surface area contributed by atoms with E-state index in [1.807, 2.05) is 4.90 Å². The molecule has 2 N–H and O–H groups in total. The van der Waals surface area contributed by atoms with Gasteiger partial charge < -0.3 is 15.5 Å². The van der Waals surface area contributed by atoms with Crippen LogP contribution in [0.15, 0.2) is 24.3 Å². The highest BCUT2D eigenvalue weighted by Crippen LogP contribution is 2.41. The maximum atomic E-state index is 12.6. The summed E-state index contributed by atoms with van der Waals surface area (Å²) in [7, 11) is 0. The van der Waals surface area contributed by atoms with Crippen molar-refractivity contribution in [3.05, 3.63) is 24.3 Å². The smallest absolute Gasteiger partial charge is 0.228 e. The van der Waals surface area contributed by atoms with Crippen LogP contribution in [0, 0.1) is 11.8 Å². The highest BCUT2D eigenvalue weighted by atomic mass is 16.2. The van der Waals surface area contributed by atoms with Crippen molar-refractivity contribution in [3.8, 4) is 0 Å². The Kier molecular flexibility index (Phi) is 5.36. The molecule has 1 saturated heterocycles. The molecule has 1 aliphatic heterocycles. The molecule has 2 unspecified atom stereocenters. The Bertz CT molecular complexity index is 666. The maximum Gasteiger partial charge on any atom is 0.228 e. The number of hydrogen-bond acceptors (Lipinski definition) is 3. The first-order chi connectivity index (χ1) is 12.0. The third-order valence-electron chi connectivity index (χ3n) is 4.81. The number of nitrogens with zero attached hydrogens (tertiary/aromatic N) is 1. The Labute approximate surface area is 148 Å². The molecule has 1 aromatic rings. The van der Waals surface area contributed by atoms with Gasteiger partial charge in [-0.05, 0) is 37.5 Å². The van der Waals surface area contributed by atoms with Crippen LogP contribution < -0.4 is 10.6 Å². The average molecular weight is 343 g/mol. The molecule has 2 aliphatic rings. The fourth-order valence-electron chi connectivity index (χ4n) is 3.40. The van der Waals surface area contributed by atoms with Crippen molar-refractivity contribution in [1.29, 1.82) is 0 Å². The predicted molar refractivity (Wildman–Crippen MR) is 96.0 cm³/mol. The number of nitrogens with one attached hydrogen (secondary N) is 2. The van der Waals surface area contributed by atoms with Gasteiger partial charge in [0.25, 0.3) is 0 Å². The number of rotatable bonds is 4. The minimum Gasteiger partial charge on any atom is -0.342 e. The first-order valence-electron chi connectivity index (χ1n) is 9.02. The van der Waals surface area contributed by atoms with E-state index in [-0.39, 0.29) is 29.6 Å². The van der Waals surface area contributed by atoms with E-state index in [9.17, 15) is 14.4 Å². The number of hydrogen-bond donors (Lipinski definition) is 2. The third kappa shape index (κ3) is 4.59. The minimum atomic E-state index is -0.236. The fourth-order valence-corrected chi connectivity index (χ4v) is 3.40. The number of likely N-dealkylation sites (tertiary alicyclic amines) is 1. The molecule has 1 saturated carbocycles. The summed E-state index contributed by atoms with van der Waals surface area (Å²) in [5.41, 5.74) is 1.27. The lowest BCUT2D eigenvalue weighted by atomic mass is 10.2. The van der Waals surface area contributed by atoms with Crippen LogP contribution in [-0.2, 0) is 14.4 Å². The van der Waals surface area contributed by atoms with Crippen molar-refractivity contribution in [2.45, 2.75) is 39.0 Å². The Morgan fingerprint density at radius 3 is 2.24 bits per heavy atom. The van der Waals surface area contributed by atoms with E-state index in [1.165, 1.54) is 19.8 Å². The van der Waals surface area contributed by atoms with Crippen LogP contribution in [0.5, 0.6) is 0 Å². The normalized spacial score (nSPS) is 22.7. The molecule has 3 rings (SSSR count). The first-order valence-corrected chi connectivity index (χ1v) is 9.02. The lowest BCUT2D eigenvalue weighted by molar-refractivity contribution is -0.134. The molecule has 3 amide bonds. The molecular weight excluding hydrogens is 318 g/mol. The van der Waals surface area contributed by atoms with E-state index in [4.69, 9.17) is 0 Å². The zero-order chi connectivity index (χ0) is 17.8. The fraction of sp³-hybridized carbons (Fsp3) is 0.526. The zero-order valence-corrected chi connectivity index (χ0v) is 14.6. The second kappa shape index (κ2) is 7.68. The predicted octanol–water partition coefficient (Wildman–Crippen LogP) is 2.62. The Morgan fingerprint density at radius 2 is 1.60 bits per heavy atom. The number of carbonyl (C=O) groups is 3. The standard InChI is InChI=1S/C19H25N3O3/c1-13(23)20-14-7-6-8-15(11-14)21-18(24)16-12-17(16)19(25)22-9-4-2-3-5-10-22/h6-8,11,16-17H,2-5,9-10,12H2,1H3,(H,20,23)(H,21,24). The van der Waals surface area contributed by atoms with Gasteiger partial charge in [0.2, 0.25) is 17.7 Å². The van der Waals surface area contributed by atoms with Gasteiger partial charge in [-0.3, -0.25) is 14.4 Å². The number of amides is 3. The second-order valence-corrected chi connectivity index (χ2v) is 6.94. The van der Waals surface area contributed by atoms with Crippen molar-refractivity contribution in [2.24, 2.45) is 11.8 Å². The van der Waals surface area contributed by atoms with Crippen LogP contribution in [0.3, 0.4) is 0 Å². The highest BCUT2D eigenvalue weighted by molar-refractivity contribution is 6.00. The molecule has 0 bridgehead atoms. The van der Waals surface area contributed by atoms with Gasteiger partial charge in [0.05, 0.1) is 11.8 Å². The SMILES string of the molecule is CC(=O)Nc1cccc(NC(=O)C2CC2C(=O)N2CCCCCC2)c1. The Balaban J connectivity index is 1.54. The van der Waals surface area contributed by atoms with Crippen molar-refractivity contribution in [2.75, 3.05) is 23.7 Å². The van der Waals surface area contributed by atoms with Gasteiger partial charge in [-0.15, -0.1) is 0 Å². The van der Waals surface area contributed by atoms with Gasteiger partial charge in [0.15, 0.2) is 0 Å². The molecule has 2 atom stereocenters. The molecule has 0 aromatic heterocycles. The van der Waals surface area contributed by atoms with Gasteiger partial charge in [0.1, 0.15) is 0 Å². The van der Waals surface area contributed by atoms with E-state index in [0.717, 1.165) is 25.9 Å². The van der Waals surface area contributed by atoms with Crippen LogP contribution in [0.4, 0.5) is 11.4 Å². The topological polar surface area (TPSA) is 78.5 Å².